The van der Waals surface area contributed by atoms with Crippen LogP contribution in [-0.4, -0.2) is 15.5 Å². The van der Waals surface area contributed by atoms with E-state index >= 15 is 0 Å². The summed E-state index contributed by atoms with van der Waals surface area (Å²) >= 11 is 0. The van der Waals surface area contributed by atoms with Crippen LogP contribution in [0, 0.1) is 18.6 Å². The molecule has 0 saturated heterocycles. The van der Waals surface area contributed by atoms with Crippen LogP contribution in [0.3, 0.4) is 0 Å². The highest BCUT2D eigenvalue weighted by atomic mass is 19.1. The number of hydrogen-bond donors (Lipinski definition) is 1. The van der Waals surface area contributed by atoms with Crippen LogP contribution in [0.2, 0.25) is 0 Å². The first-order valence-electron chi connectivity index (χ1n) is 9.33. The van der Waals surface area contributed by atoms with Crippen molar-refractivity contribution < 1.29 is 13.6 Å². The zero-order valence-corrected chi connectivity index (χ0v) is 15.6. The second kappa shape index (κ2) is 7.19. The van der Waals surface area contributed by atoms with E-state index in [0.29, 0.717) is 17.1 Å². The molecule has 144 valence electrons. The summed E-state index contributed by atoms with van der Waals surface area (Å²) in [7, 11) is 0. The fourth-order valence-corrected chi connectivity index (χ4v) is 3.79. The van der Waals surface area contributed by atoms with Crippen molar-refractivity contribution in [2.24, 2.45) is 0 Å². The number of aromatic nitrogens is 2. The Balaban J connectivity index is 1.48. The fourth-order valence-electron chi connectivity index (χ4n) is 3.79. The van der Waals surface area contributed by atoms with Gasteiger partial charge < -0.3 is 9.88 Å². The third-order valence-electron chi connectivity index (χ3n) is 5.59. The first-order valence-corrected chi connectivity index (χ1v) is 9.33. The monoisotopic (exact) mass is 381 g/mol. The van der Waals surface area contributed by atoms with E-state index in [1.807, 2.05) is 0 Å². The summed E-state index contributed by atoms with van der Waals surface area (Å²) in [4.78, 5) is 17.0. The molecule has 0 unspecified atom stereocenters. The van der Waals surface area contributed by atoms with E-state index in [1.54, 1.807) is 48.1 Å². The Morgan fingerprint density at radius 1 is 1.18 bits per heavy atom. The number of imidazole rings is 1. The zero-order valence-electron chi connectivity index (χ0n) is 15.6. The number of benzene rings is 2. The van der Waals surface area contributed by atoms with E-state index in [2.05, 4.69) is 10.3 Å². The minimum Gasteiger partial charge on any atom is -0.351 e. The predicted octanol–water partition coefficient (Wildman–Crippen LogP) is 4.20. The topological polar surface area (TPSA) is 46.9 Å². The van der Waals surface area contributed by atoms with E-state index in [1.165, 1.54) is 18.2 Å². The molecule has 0 bridgehead atoms. The highest BCUT2D eigenvalue weighted by Crippen LogP contribution is 2.44. The maximum atomic E-state index is 14.5. The lowest BCUT2D eigenvalue weighted by atomic mass is 9.64. The Morgan fingerprint density at radius 3 is 2.50 bits per heavy atom. The molecule has 1 N–H and O–H groups in total. The van der Waals surface area contributed by atoms with Crippen molar-refractivity contribution in [1.82, 2.24) is 14.9 Å². The van der Waals surface area contributed by atoms with Gasteiger partial charge in [0.1, 0.15) is 17.5 Å². The van der Waals surface area contributed by atoms with Gasteiger partial charge in [-0.1, -0.05) is 24.6 Å². The maximum absolute atomic E-state index is 14.5. The molecule has 1 aromatic heterocycles. The lowest BCUT2D eigenvalue weighted by Gasteiger charge is -2.40. The molecule has 1 amide bonds. The predicted molar refractivity (Wildman–Crippen MR) is 102 cm³/mol. The summed E-state index contributed by atoms with van der Waals surface area (Å²) in [5.41, 5.74) is 1.32. The van der Waals surface area contributed by atoms with E-state index < -0.39 is 5.41 Å². The van der Waals surface area contributed by atoms with Crippen molar-refractivity contribution in [2.45, 2.75) is 38.1 Å². The van der Waals surface area contributed by atoms with Gasteiger partial charge in [-0.25, -0.2) is 13.8 Å². The molecule has 6 heteroatoms. The molecule has 0 atom stereocenters. The Labute approximate surface area is 162 Å². The van der Waals surface area contributed by atoms with Crippen LogP contribution in [0.1, 0.15) is 36.2 Å². The van der Waals surface area contributed by atoms with Gasteiger partial charge in [-0.2, -0.15) is 0 Å². The Morgan fingerprint density at radius 2 is 1.93 bits per heavy atom. The lowest BCUT2D eigenvalue weighted by molar-refractivity contribution is -0.130. The highest BCUT2D eigenvalue weighted by Gasteiger charge is 2.45. The molecule has 4 nitrogen and oxygen atoms in total. The average Bonchev–Trinajstić information content (AvgIpc) is 3.06. The number of carbonyl (C=O) groups excluding carboxylic acids is 1. The number of amides is 1. The quantitative estimate of drug-likeness (QED) is 0.720. The summed E-state index contributed by atoms with van der Waals surface area (Å²) < 4.78 is 29.4. The van der Waals surface area contributed by atoms with Gasteiger partial charge in [-0.05, 0) is 55.2 Å². The molecule has 28 heavy (non-hydrogen) atoms. The van der Waals surface area contributed by atoms with Crippen LogP contribution in [0.25, 0.3) is 5.69 Å². The van der Waals surface area contributed by atoms with Crippen molar-refractivity contribution in [1.29, 1.82) is 0 Å². The number of aryl methyl sites for hydroxylation is 1. The summed E-state index contributed by atoms with van der Waals surface area (Å²) in [5, 5.41) is 2.93. The van der Waals surface area contributed by atoms with Crippen LogP contribution in [0.5, 0.6) is 0 Å². The van der Waals surface area contributed by atoms with E-state index in [0.717, 1.165) is 24.8 Å². The van der Waals surface area contributed by atoms with E-state index in [4.69, 9.17) is 0 Å². The van der Waals surface area contributed by atoms with Gasteiger partial charge in [-0.3, -0.25) is 4.79 Å². The average molecular weight is 381 g/mol. The first kappa shape index (κ1) is 18.3. The molecule has 1 aliphatic carbocycles. The van der Waals surface area contributed by atoms with Gasteiger partial charge in [-0.15, -0.1) is 0 Å². The number of nitrogens with one attached hydrogen (secondary N) is 1. The van der Waals surface area contributed by atoms with Gasteiger partial charge in [0.05, 0.1) is 11.1 Å². The Kier molecular flexibility index (Phi) is 4.71. The van der Waals surface area contributed by atoms with Crippen molar-refractivity contribution in [3.05, 3.63) is 83.4 Å². The van der Waals surface area contributed by atoms with Crippen molar-refractivity contribution in [3.8, 4) is 5.69 Å². The normalized spacial score (nSPS) is 15.1. The molecule has 0 radical (unpaired) electrons. The summed E-state index contributed by atoms with van der Waals surface area (Å²) in [6, 6.07) is 11.0. The van der Waals surface area contributed by atoms with Crippen molar-refractivity contribution in [3.63, 3.8) is 0 Å². The minimum atomic E-state index is -0.611. The number of nitrogens with zero attached hydrogens (tertiary/aromatic N) is 2. The first-order chi connectivity index (χ1) is 13.5. The number of rotatable bonds is 5. The van der Waals surface area contributed by atoms with Crippen molar-refractivity contribution >= 4 is 5.91 Å². The van der Waals surface area contributed by atoms with Crippen LogP contribution < -0.4 is 5.32 Å². The standard InChI is InChI=1S/C22H21F2N3O/c1-15-25-11-12-27(15)20-8-3-16(13-19(20)24)14-26-21(28)22(9-2-10-22)17-4-6-18(23)7-5-17/h3-8,11-13H,2,9-10,14H2,1H3,(H,26,28). The second-order valence-corrected chi connectivity index (χ2v) is 7.26. The van der Waals surface area contributed by atoms with Crippen LogP contribution in [0.15, 0.2) is 54.9 Å². The van der Waals surface area contributed by atoms with Crippen molar-refractivity contribution in [2.75, 3.05) is 0 Å². The van der Waals surface area contributed by atoms with E-state index in [9.17, 15) is 13.6 Å². The molecule has 0 spiro atoms. The minimum absolute atomic E-state index is 0.0969. The van der Waals surface area contributed by atoms with Gasteiger partial charge in [0, 0.05) is 18.9 Å². The second-order valence-electron chi connectivity index (χ2n) is 7.26. The number of hydrogen-bond acceptors (Lipinski definition) is 2. The Bertz CT molecular complexity index is 1010. The molecule has 1 heterocycles. The van der Waals surface area contributed by atoms with Gasteiger partial charge in [0.25, 0.3) is 0 Å². The zero-order chi connectivity index (χ0) is 19.7. The van der Waals surface area contributed by atoms with Gasteiger partial charge in [0.2, 0.25) is 5.91 Å². The van der Waals surface area contributed by atoms with Gasteiger partial charge >= 0.3 is 0 Å². The van der Waals surface area contributed by atoms with Crippen LogP contribution >= 0.6 is 0 Å². The fraction of sp³-hybridized carbons (Fsp3) is 0.273. The number of halogens is 2. The van der Waals surface area contributed by atoms with Crippen LogP contribution in [-0.2, 0) is 16.8 Å². The summed E-state index contributed by atoms with van der Waals surface area (Å²) in [5.74, 6) is -0.0847. The molecule has 4 rings (SSSR count). The molecular weight excluding hydrogens is 360 g/mol. The molecular formula is C22H21F2N3O. The van der Waals surface area contributed by atoms with Crippen LogP contribution in [0.4, 0.5) is 8.78 Å². The van der Waals surface area contributed by atoms with E-state index in [-0.39, 0.29) is 24.1 Å². The molecule has 0 aliphatic heterocycles. The third kappa shape index (κ3) is 3.19. The molecule has 1 aliphatic rings. The molecule has 1 saturated carbocycles. The molecule has 1 fully saturated rings. The van der Waals surface area contributed by atoms with Gasteiger partial charge in [0.15, 0.2) is 0 Å². The number of carbonyl (C=O) groups is 1. The largest absolute Gasteiger partial charge is 0.351 e. The maximum Gasteiger partial charge on any atom is 0.230 e. The highest BCUT2D eigenvalue weighted by molar-refractivity contribution is 5.89. The molecule has 2 aromatic carbocycles. The third-order valence-corrected chi connectivity index (χ3v) is 5.59. The lowest BCUT2D eigenvalue weighted by Crippen LogP contribution is -2.49. The summed E-state index contributed by atoms with van der Waals surface area (Å²) in [6.07, 6.45) is 5.75. The SMILES string of the molecule is Cc1nccn1-c1ccc(CNC(=O)C2(c3ccc(F)cc3)CCC2)cc1F. The summed E-state index contributed by atoms with van der Waals surface area (Å²) in [6.45, 7) is 2.04. The smallest absolute Gasteiger partial charge is 0.230 e. The Hall–Kier alpha value is -3.02. The molecule has 3 aromatic rings.